The van der Waals surface area contributed by atoms with Gasteiger partial charge in [-0.05, 0) is 30.9 Å². The Morgan fingerprint density at radius 3 is 2.83 bits per heavy atom. The molecule has 3 N–H and O–H groups in total. The van der Waals surface area contributed by atoms with Gasteiger partial charge in [-0.25, -0.2) is 4.98 Å². The van der Waals surface area contributed by atoms with Gasteiger partial charge in [0.1, 0.15) is 11.5 Å². The van der Waals surface area contributed by atoms with Crippen molar-refractivity contribution in [2.45, 2.75) is 26.2 Å². The molecule has 0 aliphatic carbocycles. The molecule has 0 atom stereocenters. The van der Waals surface area contributed by atoms with E-state index in [4.69, 9.17) is 10.9 Å². The van der Waals surface area contributed by atoms with E-state index >= 15 is 0 Å². The molecule has 5 heteroatoms. The molecule has 1 fully saturated rings. The zero-order chi connectivity index (χ0) is 13.0. The Balaban J connectivity index is 2.10. The van der Waals surface area contributed by atoms with Crippen LogP contribution in [0.5, 0.6) is 0 Å². The van der Waals surface area contributed by atoms with Crippen LogP contribution in [0.25, 0.3) is 0 Å². The Kier molecular flexibility index (Phi) is 4.02. The second-order valence-electron chi connectivity index (χ2n) is 4.70. The maximum atomic E-state index is 8.67. The summed E-state index contributed by atoms with van der Waals surface area (Å²) in [5.74, 6) is 1.81. The molecule has 18 heavy (non-hydrogen) atoms. The third-order valence-corrected chi connectivity index (χ3v) is 3.62. The predicted molar refractivity (Wildman–Crippen MR) is 72.0 cm³/mol. The van der Waals surface area contributed by atoms with Crippen molar-refractivity contribution in [3.8, 4) is 0 Å². The lowest BCUT2D eigenvalue weighted by Crippen LogP contribution is -2.34. The highest BCUT2D eigenvalue weighted by molar-refractivity contribution is 5.95. The van der Waals surface area contributed by atoms with Crippen molar-refractivity contribution < 1.29 is 5.21 Å². The van der Waals surface area contributed by atoms with Crippen LogP contribution in [-0.2, 0) is 0 Å². The Labute approximate surface area is 107 Å². The van der Waals surface area contributed by atoms with Gasteiger partial charge in [-0.1, -0.05) is 24.6 Å². The number of hydrogen-bond acceptors (Lipinski definition) is 4. The van der Waals surface area contributed by atoms with Crippen LogP contribution in [0.2, 0.25) is 0 Å². The average Bonchev–Trinajstić information content (AvgIpc) is 2.46. The van der Waals surface area contributed by atoms with Gasteiger partial charge in [-0.2, -0.15) is 0 Å². The lowest BCUT2D eigenvalue weighted by atomic mass is 9.94. The molecule has 5 nitrogen and oxygen atoms in total. The molecule has 0 aromatic carbocycles. The Bertz CT molecular complexity index is 425. The summed E-state index contributed by atoms with van der Waals surface area (Å²) in [6, 6.07) is 5.61. The monoisotopic (exact) mass is 248 g/mol. The van der Waals surface area contributed by atoms with E-state index in [0.717, 1.165) is 24.8 Å². The number of oxime groups is 1. The fourth-order valence-electron chi connectivity index (χ4n) is 2.36. The minimum absolute atomic E-state index is 0.0558. The van der Waals surface area contributed by atoms with E-state index in [2.05, 4.69) is 22.0 Å². The summed E-state index contributed by atoms with van der Waals surface area (Å²) in [5, 5.41) is 11.6. The first kappa shape index (κ1) is 12.7. The molecule has 0 amide bonds. The first-order valence-corrected chi connectivity index (χ1v) is 6.44. The number of aromatic nitrogens is 1. The normalized spacial score (nSPS) is 18.1. The van der Waals surface area contributed by atoms with Crippen LogP contribution < -0.4 is 10.6 Å². The zero-order valence-electron chi connectivity index (χ0n) is 10.7. The quantitative estimate of drug-likeness (QED) is 0.370. The SMILES string of the molecule is CCC1CCN(c2cccc(C(N)=NO)n2)CC1. The number of amidine groups is 1. The van der Waals surface area contributed by atoms with Crippen LogP contribution in [-0.4, -0.2) is 29.1 Å². The molecule has 0 bridgehead atoms. The van der Waals surface area contributed by atoms with E-state index in [9.17, 15) is 0 Å². The third-order valence-electron chi connectivity index (χ3n) is 3.62. The van der Waals surface area contributed by atoms with Crippen LogP contribution in [0.15, 0.2) is 23.4 Å². The van der Waals surface area contributed by atoms with E-state index in [1.54, 1.807) is 6.07 Å². The number of rotatable bonds is 3. The molecule has 1 aliphatic heterocycles. The van der Waals surface area contributed by atoms with E-state index < -0.39 is 0 Å². The van der Waals surface area contributed by atoms with E-state index in [-0.39, 0.29) is 5.84 Å². The highest BCUT2D eigenvalue weighted by Gasteiger charge is 2.19. The smallest absolute Gasteiger partial charge is 0.188 e. The van der Waals surface area contributed by atoms with Gasteiger partial charge >= 0.3 is 0 Å². The van der Waals surface area contributed by atoms with Crippen LogP contribution in [0, 0.1) is 5.92 Å². The van der Waals surface area contributed by atoms with Crippen molar-refractivity contribution in [1.82, 2.24) is 4.98 Å². The van der Waals surface area contributed by atoms with Crippen molar-refractivity contribution in [3.63, 3.8) is 0 Å². The molecule has 2 heterocycles. The molecule has 1 aromatic heterocycles. The van der Waals surface area contributed by atoms with Crippen LogP contribution in [0.3, 0.4) is 0 Å². The molecule has 0 unspecified atom stereocenters. The standard InChI is InChI=1S/C13H20N4O/c1-2-10-6-8-17(9-7-10)12-5-3-4-11(15-12)13(14)16-18/h3-5,10,18H,2,6-9H2,1H3,(H2,14,16). The Hall–Kier alpha value is -1.78. The number of pyridine rings is 1. The average molecular weight is 248 g/mol. The molecule has 2 rings (SSSR count). The first-order chi connectivity index (χ1) is 8.74. The molecular formula is C13H20N4O. The lowest BCUT2D eigenvalue weighted by molar-refractivity contribution is 0.318. The van der Waals surface area contributed by atoms with Gasteiger partial charge in [0.05, 0.1) is 0 Å². The van der Waals surface area contributed by atoms with Gasteiger partial charge in [0, 0.05) is 13.1 Å². The van der Waals surface area contributed by atoms with Crippen molar-refractivity contribution >= 4 is 11.7 Å². The van der Waals surface area contributed by atoms with Crippen molar-refractivity contribution in [3.05, 3.63) is 23.9 Å². The highest BCUT2D eigenvalue weighted by Crippen LogP contribution is 2.23. The summed E-state index contributed by atoms with van der Waals surface area (Å²) >= 11 is 0. The summed E-state index contributed by atoms with van der Waals surface area (Å²) in [6.07, 6.45) is 3.68. The molecule has 1 aliphatic rings. The molecule has 1 saturated heterocycles. The summed E-state index contributed by atoms with van der Waals surface area (Å²) in [5.41, 5.74) is 6.08. The number of nitrogens with two attached hydrogens (primary N) is 1. The molecule has 0 radical (unpaired) electrons. The Morgan fingerprint density at radius 2 is 2.22 bits per heavy atom. The third kappa shape index (κ3) is 2.72. The van der Waals surface area contributed by atoms with Crippen LogP contribution in [0.1, 0.15) is 31.9 Å². The van der Waals surface area contributed by atoms with Gasteiger partial charge < -0.3 is 15.8 Å². The van der Waals surface area contributed by atoms with E-state index in [0.29, 0.717) is 5.69 Å². The van der Waals surface area contributed by atoms with E-state index in [1.807, 2.05) is 12.1 Å². The zero-order valence-corrected chi connectivity index (χ0v) is 10.7. The Morgan fingerprint density at radius 1 is 1.50 bits per heavy atom. The minimum atomic E-state index is 0.0558. The van der Waals surface area contributed by atoms with Gasteiger partial charge in [0.25, 0.3) is 0 Å². The number of piperidine rings is 1. The summed E-state index contributed by atoms with van der Waals surface area (Å²) in [6.45, 7) is 4.31. The molecule has 0 spiro atoms. The van der Waals surface area contributed by atoms with Crippen molar-refractivity contribution in [2.75, 3.05) is 18.0 Å². The fraction of sp³-hybridized carbons (Fsp3) is 0.538. The maximum absolute atomic E-state index is 8.67. The predicted octanol–water partition coefficient (Wildman–Crippen LogP) is 1.80. The summed E-state index contributed by atoms with van der Waals surface area (Å²) in [7, 11) is 0. The maximum Gasteiger partial charge on any atom is 0.188 e. The van der Waals surface area contributed by atoms with Gasteiger partial charge in [0.2, 0.25) is 0 Å². The molecule has 1 aromatic rings. The van der Waals surface area contributed by atoms with Crippen molar-refractivity contribution in [1.29, 1.82) is 0 Å². The van der Waals surface area contributed by atoms with Gasteiger partial charge in [-0.3, -0.25) is 0 Å². The second-order valence-corrected chi connectivity index (χ2v) is 4.70. The number of anilines is 1. The minimum Gasteiger partial charge on any atom is -0.409 e. The van der Waals surface area contributed by atoms with Crippen LogP contribution in [0.4, 0.5) is 5.82 Å². The summed E-state index contributed by atoms with van der Waals surface area (Å²) < 4.78 is 0. The largest absolute Gasteiger partial charge is 0.409 e. The second kappa shape index (κ2) is 5.71. The van der Waals surface area contributed by atoms with E-state index in [1.165, 1.54) is 19.3 Å². The van der Waals surface area contributed by atoms with Crippen LogP contribution >= 0.6 is 0 Å². The molecular weight excluding hydrogens is 228 g/mol. The molecule has 0 saturated carbocycles. The number of hydrogen-bond donors (Lipinski definition) is 2. The van der Waals surface area contributed by atoms with Gasteiger partial charge in [-0.15, -0.1) is 0 Å². The molecule has 98 valence electrons. The lowest BCUT2D eigenvalue weighted by Gasteiger charge is -2.32. The van der Waals surface area contributed by atoms with Gasteiger partial charge in [0.15, 0.2) is 5.84 Å². The fourth-order valence-corrected chi connectivity index (χ4v) is 2.36. The van der Waals surface area contributed by atoms with Crippen molar-refractivity contribution in [2.24, 2.45) is 16.8 Å². The first-order valence-electron chi connectivity index (χ1n) is 6.44. The topological polar surface area (TPSA) is 74.7 Å². The highest BCUT2D eigenvalue weighted by atomic mass is 16.4. The number of nitrogens with zero attached hydrogens (tertiary/aromatic N) is 3. The summed E-state index contributed by atoms with van der Waals surface area (Å²) in [4.78, 5) is 6.69.